The Kier molecular flexibility index (Phi) is 4.71. The van der Waals surface area contributed by atoms with Crippen molar-refractivity contribution in [3.8, 4) is 0 Å². The molecule has 0 spiro atoms. The minimum atomic E-state index is 0.201. The molecule has 0 fully saturated rings. The van der Waals surface area contributed by atoms with E-state index in [0.29, 0.717) is 0 Å². The lowest BCUT2D eigenvalue weighted by Crippen LogP contribution is -2.10. The molecule has 0 aliphatic carbocycles. The van der Waals surface area contributed by atoms with Gasteiger partial charge in [-0.1, -0.05) is 50.7 Å². The largest absolute Gasteiger partial charge is 0.370 e. The summed E-state index contributed by atoms with van der Waals surface area (Å²) in [6.07, 6.45) is 0. The van der Waals surface area contributed by atoms with Crippen LogP contribution in [-0.2, 0) is 5.41 Å². The van der Waals surface area contributed by atoms with Gasteiger partial charge in [-0.05, 0) is 42.2 Å². The molecule has 0 bridgehead atoms. The van der Waals surface area contributed by atoms with Crippen molar-refractivity contribution in [3.63, 3.8) is 0 Å². The first kappa shape index (κ1) is 14.9. The standard InChI is InChI=1S/C17H22N2S/c1-5-18-15-7-6-8-16(19-15)20-14-11-9-13(10-12-14)17(2,3)4/h6-12H,5H2,1-4H3,(H,18,19). The van der Waals surface area contributed by atoms with E-state index >= 15 is 0 Å². The van der Waals surface area contributed by atoms with E-state index in [-0.39, 0.29) is 5.41 Å². The molecule has 2 aromatic rings. The lowest BCUT2D eigenvalue weighted by Gasteiger charge is -2.19. The Morgan fingerprint density at radius 2 is 1.75 bits per heavy atom. The Labute approximate surface area is 126 Å². The molecule has 106 valence electrons. The third kappa shape index (κ3) is 4.01. The molecule has 1 heterocycles. The van der Waals surface area contributed by atoms with Crippen LogP contribution in [0.1, 0.15) is 33.3 Å². The van der Waals surface area contributed by atoms with Gasteiger partial charge in [0, 0.05) is 11.4 Å². The predicted molar refractivity (Wildman–Crippen MR) is 87.7 cm³/mol. The third-order valence-corrected chi connectivity index (χ3v) is 3.97. The van der Waals surface area contributed by atoms with Gasteiger partial charge in [-0.2, -0.15) is 0 Å². The number of nitrogens with one attached hydrogen (secondary N) is 1. The topological polar surface area (TPSA) is 24.9 Å². The van der Waals surface area contributed by atoms with Crippen molar-refractivity contribution < 1.29 is 0 Å². The fraction of sp³-hybridized carbons (Fsp3) is 0.353. The van der Waals surface area contributed by atoms with E-state index in [4.69, 9.17) is 0 Å². The summed E-state index contributed by atoms with van der Waals surface area (Å²) in [5, 5.41) is 4.26. The molecule has 0 atom stereocenters. The van der Waals surface area contributed by atoms with Crippen molar-refractivity contribution in [3.05, 3.63) is 48.0 Å². The van der Waals surface area contributed by atoms with Gasteiger partial charge in [-0.15, -0.1) is 0 Å². The van der Waals surface area contributed by atoms with E-state index in [1.165, 1.54) is 10.5 Å². The van der Waals surface area contributed by atoms with Gasteiger partial charge < -0.3 is 5.32 Å². The lowest BCUT2D eigenvalue weighted by atomic mass is 9.87. The molecule has 0 saturated carbocycles. The highest BCUT2D eigenvalue weighted by molar-refractivity contribution is 7.99. The lowest BCUT2D eigenvalue weighted by molar-refractivity contribution is 0.590. The second kappa shape index (κ2) is 6.31. The van der Waals surface area contributed by atoms with Crippen molar-refractivity contribution in [1.29, 1.82) is 0 Å². The van der Waals surface area contributed by atoms with Crippen molar-refractivity contribution in [1.82, 2.24) is 4.98 Å². The zero-order chi connectivity index (χ0) is 14.6. The summed E-state index contributed by atoms with van der Waals surface area (Å²) in [4.78, 5) is 5.80. The van der Waals surface area contributed by atoms with Crippen molar-refractivity contribution in [2.24, 2.45) is 0 Å². The van der Waals surface area contributed by atoms with Crippen LogP contribution in [0.25, 0.3) is 0 Å². The first-order chi connectivity index (χ1) is 9.49. The van der Waals surface area contributed by atoms with E-state index in [9.17, 15) is 0 Å². The Balaban J connectivity index is 2.12. The van der Waals surface area contributed by atoms with Gasteiger partial charge >= 0.3 is 0 Å². The van der Waals surface area contributed by atoms with Crippen LogP contribution >= 0.6 is 11.8 Å². The normalized spacial score (nSPS) is 11.4. The van der Waals surface area contributed by atoms with Crippen molar-refractivity contribution in [2.75, 3.05) is 11.9 Å². The summed E-state index contributed by atoms with van der Waals surface area (Å²) in [6.45, 7) is 9.66. The maximum Gasteiger partial charge on any atom is 0.127 e. The monoisotopic (exact) mass is 286 g/mol. The van der Waals surface area contributed by atoms with Gasteiger partial charge in [0.25, 0.3) is 0 Å². The Morgan fingerprint density at radius 1 is 1.05 bits per heavy atom. The number of anilines is 1. The fourth-order valence-electron chi connectivity index (χ4n) is 1.89. The first-order valence-electron chi connectivity index (χ1n) is 6.98. The molecule has 1 aromatic heterocycles. The highest BCUT2D eigenvalue weighted by atomic mass is 32.2. The number of aromatic nitrogens is 1. The molecule has 20 heavy (non-hydrogen) atoms. The molecule has 1 N–H and O–H groups in total. The summed E-state index contributed by atoms with van der Waals surface area (Å²) >= 11 is 1.70. The van der Waals surface area contributed by atoms with Gasteiger partial charge in [-0.3, -0.25) is 0 Å². The molecule has 0 amide bonds. The molecule has 0 saturated heterocycles. The van der Waals surface area contributed by atoms with E-state index in [1.54, 1.807) is 11.8 Å². The zero-order valence-electron chi connectivity index (χ0n) is 12.6. The smallest absolute Gasteiger partial charge is 0.127 e. The summed E-state index contributed by atoms with van der Waals surface area (Å²) < 4.78 is 0. The number of hydrogen-bond donors (Lipinski definition) is 1. The number of hydrogen-bond acceptors (Lipinski definition) is 3. The summed E-state index contributed by atoms with van der Waals surface area (Å²) in [7, 11) is 0. The Bertz CT molecular complexity index is 556. The second-order valence-corrected chi connectivity index (χ2v) is 6.86. The van der Waals surface area contributed by atoms with Gasteiger partial charge in [-0.25, -0.2) is 4.98 Å². The molecule has 1 aromatic carbocycles. The van der Waals surface area contributed by atoms with Crippen molar-refractivity contribution in [2.45, 2.75) is 43.0 Å². The summed E-state index contributed by atoms with van der Waals surface area (Å²) in [5.74, 6) is 0.934. The zero-order valence-corrected chi connectivity index (χ0v) is 13.4. The fourth-order valence-corrected chi connectivity index (χ4v) is 2.70. The average Bonchev–Trinajstić information content (AvgIpc) is 2.39. The Hall–Kier alpha value is -1.48. The number of nitrogens with zero attached hydrogens (tertiary/aromatic N) is 1. The van der Waals surface area contributed by atoms with Crippen LogP contribution in [0, 0.1) is 0 Å². The number of rotatable bonds is 4. The molecule has 2 rings (SSSR count). The molecule has 3 heteroatoms. The van der Waals surface area contributed by atoms with Crippen LogP contribution in [-0.4, -0.2) is 11.5 Å². The van der Waals surface area contributed by atoms with Crippen LogP contribution < -0.4 is 5.32 Å². The maximum atomic E-state index is 4.58. The summed E-state index contributed by atoms with van der Waals surface area (Å²) in [6, 6.07) is 14.8. The van der Waals surface area contributed by atoms with Crippen LogP contribution in [0.5, 0.6) is 0 Å². The average molecular weight is 286 g/mol. The highest BCUT2D eigenvalue weighted by Crippen LogP contribution is 2.29. The van der Waals surface area contributed by atoms with Gasteiger partial charge in [0.2, 0.25) is 0 Å². The van der Waals surface area contributed by atoms with E-state index < -0.39 is 0 Å². The maximum absolute atomic E-state index is 4.58. The quantitative estimate of drug-likeness (QED) is 0.859. The predicted octanol–water partition coefficient (Wildman–Crippen LogP) is 4.96. The van der Waals surface area contributed by atoms with Gasteiger partial charge in [0.05, 0.1) is 0 Å². The Morgan fingerprint density at radius 3 is 2.35 bits per heavy atom. The molecule has 2 nitrogen and oxygen atoms in total. The molecule has 0 radical (unpaired) electrons. The number of benzene rings is 1. The third-order valence-electron chi connectivity index (χ3n) is 3.02. The van der Waals surface area contributed by atoms with Crippen LogP contribution in [0.4, 0.5) is 5.82 Å². The first-order valence-corrected chi connectivity index (χ1v) is 7.80. The number of pyridine rings is 1. The van der Waals surface area contributed by atoms with Crippen LogP contribution in [0.15, 0.2) is 52.4 Å². The molecular weight excluding hydrogens is 264 g/mol. The van der Waals surface area contributed by atoms with Crippen LogP contribution in [0.3, 0.4) is 0 Å². The summed E-state index contributed by atoms with van der Waals surface area (Å²) in [5.41, 5.74) is 1.56. The minimum Gasteiger partial charge on any atom is -0.370 e. The second-order valence-electron chi connectivity index (χ2n) is 5.77. The minimum absolute atomic E-state index is 0.201. The highest BCUT2D eigenvalue weighted by Gasteiger charge is 2.13. The molecule has 0 unspecified atom stereocenters. The molecule has 0 aliphatic rings. The van der Waals surface area contributed by atoms with E-state index in [0.717, 1.165) is 17.4 Å². The van der Waals surface area contributed by atoms with Crippen LogP contribution in [0.2, 0.25) is 0 Å². The van der Waals surface area contributed by atoms with Crippen molar-refractivity contribution >= 4 is 17.6 Å². The molecular formula is C17H22N2S. The van der Waals surface area contributed by atoms with E-state index in [1.807, 2.05) is 18.2 Å². The molecule has 0 aliphatic heterocycles. The van der Waals surface area contributed by atoms with Gasteiger partial charge in [0.15, 0.2) is 0 Å². The van der Waals surface area contributed by atoms with Gasteiger partial charge in [0.1, 0.15) is 10.8 Å². The van der Waals surface area contributed by atoms with E-state index in [2.05, 4.69) is 62.3 Å². The SMILES string of the molecule is CCNc1cccc(Sc2ccc(C(C)(C)C)cc2)n1.